The van der Waals surface area contributed by atoms with Crippen LogP contribution in [-0.2, 0) is 13.5 Å². The Morgan fingerprint density at radius 2 is 2.19 bits per heavy atom. The molecule has 0 radical (unpaired) electrons. The number of nitrogen functional groups attached to an aromatic ring is 1. The number of rotatable bonds is 4. The molecule has 2 N–H and O–H groups in total. The fourth-order valence-corrected chi connectivity index (χ4v) is 3.05. The topological polar surface area (TPSA) is 53.1 Å². The summed E-state index contributed by atoms with van der Waals surface area (Å²) in [6.45, 7) is 0. The number of ether oxygens (including phenoxy) is 1. The minimum atomic E-state index is 0.657. The van der Waals surface area contributed by atoms with E-state index in [2.05, 4.69) is 5.10 Å². The van der Waals surface area contributed by atoms with E-state index >= 15 is 0 Å². The van der Waals surface area contributed by atoms with Gasteiger partial charge in [-0.3, -0.25) is 4.68 Å². The van der Waals surface area contributed by atoms with Gasteiger partial charge < -0.3 is 10.5 Å². The molecule has 3 rings (SSSR count). The van der Waals surface area contributed by atoms with E-state index in [0.29, 0.717) is 10.8 Å². The molecule has 5 heteroatoms. The molecule has 0 aliphatic heterocycles. The Labute approximate surface area is 129 Å². The predicted molar refractivity (Wildman–Crippen MR) is 85.7 cm³/mol. The molecule has 1 aliphatic rings. The Kier molecular flexibility index (Phi) is 3.81. The largest absolute Gasteiger partial charge is 0.496 e. The Morgan fingerprint density at radius 3 is 2.81 bits per heavy atom. The lowest BCUT2D eigenvalue weighted by atomic mass is 9.81. The summed E-state index contributed by atoms with van der Waals surface area (Å²) >= 11 is 6.16. The van der Waals surface area contributed by atoms with E-state index in [1.54, 1.807) is 11.8 Å². The molecule has 0 amide bonds. The molecule has 21 heavy (non-hydrogen) atoms. The first-order valence-electron chi connectivity index (χ1n) is 7.25. The molecule has 0 bridgehead atoms. The van der Waals surface area contributed by atoms with Crippen molar-refractivity contribution >= 4 is 17.4 Å². The molecule has 4 nitrogen and oxygen atoms in total. The molecule has 1 aromatic carbocycles. The SMILES string of the molecule is COc1ccc(Cl)cc1-c1c(CC2CCC2)nn(C)c1N. The van der Waals surface area contributed by atoms with E-state index in [0.717, 1.165) is 34.9 Å². The summed E-state index contributed by atoms with van der Waals surface area (Å²) in [5.41, 5.74) is 9.17. The van der Waals surface area contributed by atoms with Crippen LogP contribution in [0, 0.1) is 5.92 Å². The number of hydrogen-bond acceptors (Lipinski definition) is 3. The number of benzene rings is 1. The van der Waals surface area contributed by atoms with Crippen LogP contribution in [0.5, 0.6) is 5.75 Å². The molecule has 1 saturated carbocycles. The Hall–Kier alpha value is -1.68. The lowest BCUT2D eigenvalue weighted by molar-refractivity contribution is 0.311. The highest BCUT2D eigenvalue weighted by molar-refractivity contribution is 6.31. The molecule has 0 unspecified atom stereocenters. The van der Waals surface area contributed by atoms with Crippen LogP contribution in [-0.4, -0.2) is 16.9 Å². The molecule has 2 aromatic rings. The van der Waals surface area contributed by atoms with Gasteiger partial charge in [-0.15, -0.1) is 0 Å². The van der Waals surface area contributed by atoms with E-state index in [-0.39, 0.29) is 0 Å². The second-order valence-electron chi connectivity index (χ2n) is 5.68. The fraction of sp³-hybridized carbons (Fsp3) is 0.438. The lowest BCUT2D eigenvalue weighted by Crippen LogP contribution is -2.14. The molecule has 1 aromatic heterocycles. The van der Waals surface area contributed by atoms with Crippen LogP contribution in [0.15, 0.2) is 18.2 Å². The van der Waals surface area contributed by atoms with Gasteiger partial charge in [-0.25, -0.2) is 0 Å². The maximum absolute atomic E-state index is 6.25. The standard InChI is InChI=1S/C16H20ClN3O/c1-20-16(18)15(13(19-20)8-10-4-3-5-10)12-9-11(17)6-7-14(12)21-2/h6-7,9-10H,3-5,8,18H2,1-2H3. The number of halogens is 1. The highest BCUT2D eigenvalue weighted by Gasteiger charge is 2.25. The van der Waals surface area contributed by atoms with Crippen molar-refractivity contribution in [3.05, 3.63) is 28.9 Å². The predicted octanol–water partition coefficient (Wildman–Crippen LogP) is 3.67. The molecule has 0 spiro atoms. The number of nitrogens with two attached hydrogens (primary N) is 1. The fourth-order valence-electron chi connectivity index (χ4n) is 2.88. The number of anilines is 1. The van der Waals surface area contributed by atoms with Gasteiger partial charge in [0.25, 0.3) is 0 Å². The first-order valence-corrected chi connectivity index (χ1v) is 7.63. The Bertz CT molecular complexity index is 662. The average molecular weight is 306 g/mol. The summed E-state index contributed by atoms with van der Waals surface area (Å²) in [4.78, 5) is 0. The van der Waals surface area contributed by atoms with Crippen LogP contribution >= 0.6 is 11.6 Å². The molecule has 0 saturated heterocycles. The van der Waals surface area contributed by atoms with Crippen molar-refractivity contribution in [2.24, 2.45) is 13.0 Å². The van der Waals surface area contributed by atoms with Crippen molar-refractivity contribution < 1.29 is 4.74 Å². The first kappa shape index (κ1) is 14.3. The highest BCUT2D eigenvalue weighted by atomic mass is 35.5. The van der Waals surface area contributed by atoms with E-state index in [4.69, 9.17) is 22.1 Å². The van der Waals surface area contributed by atoms with Gasteiger partial charge >= 0.3 is 0 Å². The number of aromatic nitrogens is 2. The minimum Gasteiger partial charge on any atom is -0.496 e. The molecule has 1 heterocycles. The zero-order valence-electron chi connectivity index (χ0n) is 12.4. The summed E-state index contributed by atoms with van der Waals surface area (Å²) in [6.07, 6.45) is 4.85. The molecule has 1 fully saturated rings. The van der Waals surface area contributed by atoms with Gasteiger partial charge in [0, 0.05) is 17.6 Å². The third-order valence-electron chi connectivity index (χ3n) is 4.30. The third kappa shape index (κ3) is 2.60. The van der Waals surface area contributed by atoms with E-state index in [9.17, 15) is 0 Å². The van der Waals surface area contributed by atoms with Gasteiger partial charge in [-0.1, -0.05) is 30.9 Å². The van der Waals surface area contributed by atoms with Crippen LogP contribution in [0.25, 0.3) is 11.1 Å². The van der Waals surface area contributed by atoms with Crippen molar-refractivity contribution in [3.63, 3.8) is 0 Å². The van der Waals surface area contributed by atoms with Gasteiger partial charge in [0.15, 0.2) is 0 Å². The van der Waals surface area contributed by atoms with Gasteiger partial charge in [0.05, 0.1) is 18.4 Å². The summed E-state index contributed by atoms with van der Waals surface area (Å²) < 4.78 is 7.21. The highest BCUT2D eigenvalue weighted by Crippen LogP contribution is 2.40. The molecular weight excluding hydrogens is 286 g/mol. The Balaban J connectivity index is 2.09. The van der Waals surface area contributed by atoms with Gasteiger partial charge in [-0.2, -0.15) is 5.10 Å². The van der Waals surface area contributed by atoms with E-state index in [1.807, 2.05) is 25.2 Å². The third-order valence-corrected chi connectivity index (χ3v) is 4.54. The quantitative estimate of drug-likeness (QED) is 0.937. The summed E-state index contributed by atoms with van der Waals surface area (Å²) in [7, 11) is 3.53. The summed E-state index contributed by atoms with van der Waals surface area (Å²) in [6, 6.07) is 5.59. The van der Waals surface area contributed by atoms with E-state index < -0.39 is 0 Å². The second kappa shape index (κ2) is 5.60. The van der Waals surface area contributed by atoms with Crippen molar-refractivity contribution in [2.75, 3.05) is 12.8 Å². The second-order valence-corrected chi connectivity index (χ2v) is 6.11. The maximum atomic E-state index is 6.25. The maximum Gasteiger partial charge on any atom is 0.129 e. The number of aryl methyl sites for hydroxylation is 1. The zero-order chi connectivity index (χ0) is 15.0. The van der Waals surface area contributed by atoms with Crippen molar-refractivity contribution in [1.82, 2.24) is 9.78 Å². The molecular formula is C16H20ClN3O. The van der Waals surface area contributed by atoms with Crippen LogP contribution < -0.4 is 10.5 Å². The molecule has 112 valence electrons. The van der Waals surface area contributed by atoms with Gasteiger partial charge in [0.2, 0.25) is 0 Å². The lowest BCUT2D eigenvalue weighted by Gasteiger charge is -2.24. The first-order chi connectivity index (χ1) is 10.1. The van der Waals surface area contributed by atoms with Gasteiger partial charge in [-0.05, 0) is 30.5 Å². The minimum absolute atomic E-state index is 0.657. The summed E-state index contributed by atoms with van der Waals surface area (Å²) in [5, 5.41) is 5.28. The molecule has 1 aliphatic carbocycles. The monoisotopic (exact) mass is 305 g/mol. The van der Waals surface area contributed by atoms with Crippen LogP contribution in [0.3, 0.4) is 0 Å². The molecule has 0 atom stereocenters. The smallest absolute Gasteiger partial charge is 0.129 e. The average Bonchev–Trinajstić information content (AvgIpc) is 2.69. The van der Waals surface area contributed by atoms with E-state index in [1.165, 1.54) is 19.3 Å². The van der Waals surface area contributed by atoms with Crippen molar-refractivity contribution in [3.8, 4) is 16.9 Å². The number of nitrogens with zero attached hydrogens (tertiary/aromatic N) is 2. The van der Waals surface area contributed by atoms with Crippen LogP contribution in [0.4, 0.5) is 5.82 Å². The number of hydrogen-bond donors (Lipinski definition) is 1. The summed E-state index contributed by atoms with van der Waals surface area (Å²) in [5.74, 6) is 2.15. The number of methoxy groups -OCH3 is 1. The van der Waals surface area contributed by atoms with Crippen LogP contribution in [0.2, 0.25) is 5.02 Å². The zero-order valence-corrected chi connectivity index (χ0v) is 13.2. The Morgan fingerprint density at radius 1 is 1.43 bits per heavy atom. The normalized spacial score (nSPS) is 15.0. The van der Waals surface area contributed by atoms with Crippen molar-refractivity contribution in [2.45, 2.75) is 25.7 Å². The van der Waals surface area contributed by atoms with Gasteiger partial charge in [0.1, 0.15) is 11.6 Å². The van der Waals surface area contributed by atoms with Crippen LogP contribution in [0.1, 0.15) is 25.0 Å². The van der Waals surface area contributed by atoms with Crippen molar-refractivity contribution in [1.29, 1.82) is 0 Å².